The maximum absolute atomic E-state index is 12.8. The lowest BCUT2D eigenvalue weighted by atomic mass is 10.0. The zero-order valence-corrected chi connectivity index (χ0v) is 42.8. The molecule has 0 fully saturated rings. The second-order valence-electron chi connectivity index (χ2n) is 18.8. The molecule has 0 spiro atoms. The minimum Gasteiger partial charge on any atom is -0.462 e. The fourth-order valence-electron chi connectivity index (χ4n) is 8.12. The first kappa shape index (κ1) is 61.6. The van der Waals surface area contributed by atoms with Gasteiger partial charge in [0.15, 0.2) is 6.10 Å². The predicted molar refractivity (Wildman–Crippen MR) is 275 cm³/mol. The Morgan fingerprint density at radius 2 is 0.562 bits per heavy atom. The maximum Gasteiger partial charge on any atom is 0.306 e. The zero-order chi connectivity index (χ0) is 46.5. The van der Waals surface area contributed by atoms with Gasteiger partial charge >= 0.3 is 17.9 Å². The lowest BCUT2D eigenvalue weighted by molar-refractivity contribution is -0.167. The van der Waals surface area contributed by atoms with Gasteiger partial charge in [-0.05, 0) is 77.0 Å². The van der Waals surface area contributed by atoms with E-state index >= 15 is 0 Å². The molecule has 1 atom stereocenters. The molecule has 0 rings (SSSR count). The van der Waals surface area contributed by atoms with Gasteiger partial charge in [0.1, 0.15) is 13.2 Å². The minimum absolute atomic E-state index is 0.0758. The molecule has 0 radical (unpaired) electrons. The summed E-state index contributed by atoms with van der Waals surface area (Å²) in [6.45, 7) is 6.61. The van der Waals surface area contributed by atoms with Crippen molar-refractivity contribution < 1.29 is 28.6 Å². The lowest BCUT2D eigenvalue weighted by Crippen LogP contribution is -2.30. The first-order chi connectivity index (χ1) is 31.5. The summed E-state index contributed by atoms with van der Waals surface area (Å²) in [5, 5.41) is 0. The summed E-state index contributed by atoms with van der Waals surface area (Å²) in [4.78, 5) is 38.1. The van der Waals surface area contributed by atoms with E-state index in [1.54, 1.807) is 0 Å². The van der Waals surface area contributed by atoms with Gasteiger partial charge in [0, 0.05) is 19.3 Å². The van der Waals surface area contributed by atoms with E-state index in [1.165, 1.54) is 180 Å². The molecule has 64 heavy (non-hydrogen) atoms. The van der Waals surface area contributed by atoms with Gasteiger partial charge in [0.2, 0.25) is 0 Å². The minimum atomic E-state index is -0.775. The number of unbranched alkanes of at least 4 members (excludes halogenated alkanes) is 34. The molecule has 0 saturated carbocycles. The van der Waals surface area contributed by atoms with E-state index in [1.807, 2.05) is 0 Å². The molecular formula is C58H106O6. The Morgan fingerprint density at radius 1 is 0.312 bits per heavy atom. The van der Waals surface area contributed by atoms with Crippen molar-refractivity contribution in [2.45, 2.75) is 303 Å². The number of allylic oxidation sites excluding steroid dienone is 6. The van der Waals surface area contributed by atoms with Gasteiger partial charge < -0.3 is 14.2 Å². The van der Waals surface area contributed by atoms with Crippen LogP contribution in [0.25, 0.3) is 0 Å². The molecule has 0 bridgehead atoms. The van der Waals surface area contributed by atoms with Crippen molar-refractivity contribution in [1.82, 2.24) is 0 Å². The fraction of sp³-hybridized carbons (Fsp3) is 0.845. The number of carbonyl (C=O) groups excluding carboxylic acids is 3. The molecule has 0 heterocycles. The number of ether oxygens (including phenoxy) is 3. The van der Waals surface area contributed by atoms with Crippen LogP contribution in [0.4, 0.5) is 0 Å². The molecule has 0 unspecified atom stereocenters. The van der Waals surface area contributed by atoms with Crippen LogP contribution in [0.5, 0.6) is 0 Å². The SMILES string of the molecule is CCCCC/C=C\C/C=C\CCCCCCCCCC(=O)OC[C@@H](COC(=O)CCCCCCC/C=C\CCCCC)OC(=O)CCCCCCCCCCCCCCCCCCC. The van der Waals surface area contributed by atoms with Crippen LogP contribution in [0, 0.1) is 0 Å². The highest BCUT2D eigenvalue weighted by Gasteiger charge is 2.19. The Bertz CT molecular complexity index is 1080. The summed E-state index contributed by atoms with van der Waals surface area (Å²) in [7, 11) is 0. The van der Waals surface area contributed by atoms with Gasteiger partial charge in [0.05, 0.1) is 0 Å². The van der Waals surface area contributed by atoms with Gasteiger partial charge in [-0.3, -0.25) is 14.4 Å². The summed E-state index contributed by atoms with van der Waals surface area (Å²) in [5.41, 5.74) is 0. The normalized spacial score (nSPS) is 12.2. The molecule has 0 amide bonds. The molecule has 0 aromatic heterocycles. The highest BCUT2D eigenvalue weighted by Crippen LogP contribution is 2.16. The van der Waals surface area contributed by atoms with Crippen LogP contribution in [0.2, 0.25) is 0 Å². The average molecular weight is 899 g/mol. The molecule has 6 heteroatoms. The van der Waals surface area contributed by atoms with Gasteiger partial charge in [0.25, 0.3) is 0 Å². The second kappa shape index (κ2) is 53.2. The van der Waals surface area contributed by atoms with Crippen LogP contribution in [-0.2, 0) is 28.6 Å². The van der Waals surface area contributed by atoms with Gasteiger partial charge in [-0.15, -0.1) is 0 Å². The molecule has 0 saturated heterocycles. The third-order valence-corrected chi connectivity index (χ3v) is 12.4. The quantitative estimate of drug-likeness (QED) is 0.0262. The zero-order valence-electron chi connectivity index (χ0n) is 42.8. The predicted octanol–water partition coefficient (Wildman–Crippen LogP) is 18.5. The van der Waals surface area contributed by atoms with Crippen molar-refractivity contribution >= 4 is 17.9 Å². The van der Waals surface area contributed by atoms with E-state index in [9.17, 15) is 14.4 Å². The Labute approximate surface area is 397 Å². The standard InChI is InChI=1S/C58H106O6/c1-4-7-10-13-16-19-22-25-27-29-31-33-36-39-42-45-48-51-57(60)63-54-55(53-62-56(59)50-47-44-41-38-35-24-21-18-15-12-9-6-3)64-58(61)52-49-46-43-40-37-34-32-30-28-26-23-20-17-14-11-8-5-2/h16,18-19,21,25,27,55H,4-15,17,20,22-24,26,28-54H2,1-3H3/b19-16-,21-18-,27-25-/t55-/m1/s1. The van der Waals surface area contributed by atoms with Crippen LogP contribution in [0.1, 0.15) is 297 Å². The Hall–Kier alpha value is -2.37. The maximum atomic E-state index is 12.8. The molecule has 0 aliphatic carbocycles. The molecular weight excluding hydrogens is 793 g/mol. The van der Waals surface area contributed by atoms with Crippen molar-refractivity contribution in [2.75, 3.05) is 13.2 Å². The van der Waals surface area contributed by atoms with E-state index in [0.29, 0.717) is 19.3 Å². The van der Waals surface area contributed by atoms with Crippen molar-refractivity contribution in [3.8, 4) is 0 Å². The number of rotatable bonds is 51. The first-order valence-electron chi connectivity index (χ1n) is 28.0. The van der Waals surface area contributed by atoms with Crippen LogP contribution in [-0.4, -0.2) is 37.2 Å². The van der Waals surface area contributed by atoms with Gasteiger partial charge in [-0.25, -0.2) is 0 Å². The monoisotopic (exact) mass is 899 g/mol. The average Bonchev–Trinajstić information content (AvgIpc) is 3.29. The molecule has 0 aliphatic rings. The van der Waals surface area contributed by atoms with Crippen molar-refractivity contribution in [3.63, 3.8) is 0 Å². The van der Waals surface area contributed by atoms with E-state index in [2.05, 4.69) is 57.2 Å². The molecule has 374 valence electrons. The van der Waals surface area contributed by atoms with E-state index in [4.69, 9.17) is 14.2 Å². The molecule has 0 aromatic rings. The van der Waals surface area contributed by atoms with Crippen LogP contribution in [0.15, 0.2) is 36.5 Å². The van der Waals surface area contributed by atoms with Crippen molar-refractivity contribution in [3.05, 3.63) is 36.5 Å². The summed E-state index contributed by atoms with van der Waals surface area (Å²) in [6, 6.07) is 0. The summed E-state index contributed by atoms with van der Waals surface area (Å²) < 4.78 is 16.8. The Kier molecular flexibility index (Phi) is 51.3. The Morgan fingerprint density at radius 3 is 0.906 bits per heavy atom. The molecule has 0 aromatic carbocycles. The highest BCUT2D eigenvalue weighted by molar-refractivity contribution is 5.71. The molecule has 6 nitrogen and oxygen atoms in total. The van der Waals surface area contributed by atoms with Crippen LogP contribution >= 0.6 is 0 Å². The van der Waals surface area contributed by atoms with Crippen LogP contribution < -0.4 is 0 Å². The van der Waals surface area contributed by atoms with Gasteiger partial charge in [-0.2, -0.15) is 0 Å². The number of hydrogen-bond acceptors (Lipinski definition) is 6. The van der Waals surface area contributed by atoms with Gasteiger partial charge in [-0.1, -0.05) is 237 Å². The molecule has 0 aliphatic heterocycles. The third kappa shape index (κ3) is 50.6. The van der Waals surface area contributed by atoms with E-state index in [-0.39, 0.29) is 31.1 Å². The van der Waals surface area contributed by atoms with Crippen LogP contribution in [0.3, 0.4) is 0 Å². The number of hydrogen-bond donors (Lipinski definition) is 0. The second-order valence-corrected chi connectivity index (χ2v) is 18.8. The topological polar surface area (TPSA) is 78.9 Å². The third-order valence-electron chi connectivity index (χ3n) is 12.4. The summed E-state index contributed by atoms with van der Waals surface area (Å²) >= 11 is 0. The highest BCUT2D eigenvalue weighted by atomic mass is 16.6. The summed E-state index contributed by atoms with van der Waals surface area (Å²) in [6.07, 6.45) is 62.7. The number of carbonyl (C=O) groups is 3. The summed E-state index contributed by atoms with van der Waals surface area (Å²) in [5.74, 6) is -0.877. The fourth-order valence-corrected chi connectivity index (χ4v) is 8.12. The van der Waals surface area contributed by atoms with Crippen molar-refractivity contribution in [1.29, 1.82) is 0 Å². The lowest BCUT2D eigenvalue weighted by Gasteiger charge is -2.18. The first-order valence-corrected chi connectivity index (χ1v) is 28.0. The smallest absolute Gasteiger partial charge is 0.306 e. The Balaban J connectivity index is 4.34. The van der Waals surface area contributed by atoms with Crippen molar-refractivity contribution in [2.24, 2.45) is 0 Å². The van der Waals surface area contributed by atoms with E-state index < -0.39 is 6.10 Å². The largest absolute Gasteiger partial charge is 0.462 e. The molecule has 0 N–H and O–H groups in total. The van der Waals surface area contributed by atoms with E-state index in [0.717, 1.165) is 77.0 Å². The number of esters is 3.